The maximum absolute atomic E-state index is 13.1. The number of nitrogens with two attached hydrogens (primary N) is 1. The first-order valence-corrected chi connectivity index (χ1v) is 5.62. The van der Waals surface area contributed by atoms with Gasteiger partial charge in [-0.3, -0.25) is 4.79 Å². The lowest BCUT2D eigenvalue weighted by molar-refractivity contribution is 0.609. The van der Waals surface area contributed by atoms with Gasteiger partial charge < -0.3 is 5.73 Å². The van der Waals surface area contributed by atoms with E-state index in [1.165, 1.54) is 29.1 Å². The zero-order valence-corrected chi connectivity index (χ0v) is 10.3. The highest BCUT2D eigenvalue weighted by molar-refractivity contribution is 9.10. The van der Waals surface area contributed by atoms with Gasteiger partial charge in [-0.15, -0.1) is 0 Å². The van der Waals surface area contributed by atoms with Gasteiger partial charge in [0.05, 0.1) is 18.4 Å². The van der Waals surface area contributed by atoms with Crippen LogP contribution in [0.15, 0.2) is 39.7 Å². The molecule has 0 radical (unpaired) electrons. The molecule has 0 atom stereocenters. The lowest BCUT2D eigenvalue weighted by atomic mass is 10.2. The molecule has 2 rings (SSSR count). The Morgan fingerprint density at radius 2 is 2.18 bits per heavy atom. The predicted molar refractivity (Wildman–Crippen MR) is 66.1 cm³/mol. The van der Waals surface area contributed by atoms with Gasteiger partial charge in [0.1, 0.15) is 5.82 Å². The maximum Gasteiger partial charge on any atom is 0.269 e. The van der Waals surface area contributed by atoms with E-state index in [1.54, 1.807) is 6.07 Å². The minimum absolute atomic E-state index is 0.192. The number of nitrogen functional groups attached to an aromatic ring is 1. The van der Waals surface area contributed by atoms with Gasteiger partial charge >= 0.3 is 0 Å². The zero-order valence-electron chi connectivity index (χ0n) is 8.73. The van der Waals surface area contributed by atoms with Crippen molar-refractivity contribution >= 4 is 21.6 Å². The Balaban J connectivity index is 2.38. The van der Waals surface area contributed by atoms with Crippen LogP contribution in [0.2, 0.25) is 0 Å². The first-order chi connectivity index (χ1) is 8.06. The van der Waals surface area contributed by atoms with E-state index in [4.69, 9.17) is 5.73 Å². The van der Waals surface area contributed by atoms with E-state index in [9.17, 15) is 9.18 Å². The fourth-order valence-electron chi connectivity index (χ4n) is 1.39. The predicted octanol–water partition coefficient (Wildman–Crippen LogP) is 1.78. The van der Waals surface area contributed by atoms with Crippen molar-refractivity contribution in [2.24, 2.45) is 0 Å². The normalized spacial score (nSPS) is 10.5. The number of anilines is 1. The Kier molecular flexibility index (Phi) is 3.23. The number of rotatable bonds is 2. The van der Waals surface area contributed by atoms with Crippen LogP contribution in [0, 0.1) is 5.82 Å². The van der Waals surface area contributed by atoms with Crippen LogP contribution in [0.3, 0.4) is 0 Å². The van der Waals surface area contributed by atoms with Gasteiger partial charge in [0.15, 0.2) is 0 Å². The fraction of sp³-hybridized carbons (Fsp3) is 0.0909. The summed E-state index contributed by atoms with van der Waals surface area (Å²) in [4.78, 5) is 11.6. The Morgan fingerprint density at radius 3 is 2.88 bits per heavy atom. The molecule has 1 heterocycles. The van der Waals surface area contributed by atoms with Crippen LogP contribution in [0.25, 0.3) is 0 Å². The highest BCUT2D eigenvalue weighted by Gasteiger charge is 2.05. The zero-order chi connectivity index (χ0) is 12.4. The Labute approximate surface area is 105 Å². The van der Waals surface area contributed by atoms with Crippen LogP contribution >= 0.6 is 15.9 Å². The number of aromatic nitrogens is 2. The van der Waals surface area contributed by atoms with E-state index in [2.05, 4.69) is 21.0 Å². The van der Waals surface area contributed by atoms with Crippen molar-refractivity contribution in [1.82, 2.24) is 9.78 Å². The summed E-state index contributed by atoms with van der Waals surface area (Å²) in [6.45, 7) is 0.192. The molecule has 0 aliphatic rings. The van der Waals surface area contributed by atoms with Gasteiger partial charge in [0, 0.05) is 10.5 Å². The molecule has 0 unspecified atom stereocenters. The largest absolute Gasteiger partial charge is 0.397 e. The first-order valence-electron chi connectivity index (χ1n) is 4.83. The van der Waals surface area contributed by atoms with Gasteiger partial charge in [-0.25, -0.2) is 9.07 Å². The summed E-state index contributed by atoms with van der Waals surface area (Å²) >= 11 is 3.29. The lowest BCUT2D eigenvalue weighted by Gasteiger charge is -2.06. The summed E-state index contributed by atoms with van der Waals surface area (Å²) in [7, 11) is 0. The van der Waals surface area contributed by atoms with E-state index in [-0.39, 0.29) is 17.9 Å². The second kappa shape index (κ2) is 4.67. The number of benzene rings is 1. The smallest absolute Gasteiger partial charge is 0.269 e. The molecule has 17 heavy (non-hydrogen) atoms. The van der Waals surface area contributed by atoms with Crippen molar-refractivity contribution in [2.75, 3.05) is 5.73 Å². The summed E-state index contributed by atoms with van der Waals surface area (Å²) in [5, 5.41) is 3.88. The van der Waals surface area contributed by atoms with Crippen molar-refractivity contribution < 1.29 is 4.39 Å². The van der Waals surface area contributed by atoms with E-state index in [0.717, 1.165) is 4.47 Å². The molecule has 0 spiro atoms. The number of nitrogens with zero attached hydrogens (tertiary/aromatic N) is 2. The number of hydrogen-bond acceptors (Lipinski definition) is 3. The third kappa shape index (κ3) is 2.71. The summed E-state index contributed by atoms with van der Waals surface area (Å²) in [5.74, 6) is -0.355. The van der Waals surface area contributed by atoms with Gasteiger partial charge in [-0.1, -0.05) is 15.9 Å². The van der Waals surface area contributed by atoms with Gasteiger partial charge in [-0.2, -0.15) is 5.10 Å². The lowest BCUT2D eigenvalue weighted by Crippen LogP contribution is -2.23. The summed E-state index contributed by atoms with van der Waals surface area (Å²) in [5.41, 5.74) is 6.06. The number of hydrogen-bond donors (Lipinski definition) is 1. The van der Waals surface area contributed by atoms with Gasteiger partial charge in [0.25, 0.3) is 5.56 Å². The fourth-order valence-corrected chi connectivity index (χ4v) is 1.76. The Bertz CT molecular complexity index is 612. The minimum atomic E-state index is -0.355. The molecule has 2 aromatic rings. The molecule has 1 aromatic carbocycles. The third-order valence-corrected chi connectivity index (χ3v) is 2.99. The highest BCUT2D eigenvalue weighted by atomic mass is 79.9. The van der Waals surface area contributed by atoms with Gasteiger partial charge in [-0.05, 0) is 23.8 Å². The summed E-state index contributed by atoms with van der Waals surface area (Å²) in [6, 6.07) is 5.56. The van der Waals surface area contributed by atoms with Crippen LogP contribution < -0.4 is 11.3 Å². The highest BCUT2D eigenvalue weighted by Crippen LogP contribution is 2.18. The molecule has 4 nitrogen and oxygen atoms in total. The Morgan fingerprint density at radius 1 is 1.41 bits per heavy atom. The van der Waals surface area contributed by atoms with Crippen LogP contribution in [-0.4, -0.2) is 9.78 Å². The average Bonchev–Trinajstić information content (AvgIpc) is 2.27. The Hall–Kier alpha value is -1.69. The standard InChI is InChI=1S/C11H9BrFN3O/c12-10-2-1-8(13)3-7(10)6-16-11(17)4-9(14)5-15-16/h1-5H,6,14H2. The molecular weight excluding hydrogens is 289 g/mol. The molecule has 2 N–H and O–H groups in total. The molecule has 0 saturated carbocycles. The summed E-state index contributed by atoms with van der Waals surface area (Å²) < 4.78 is 15.0. The van der Waals surface area contributed by atoms with Crippen LogP contribution in [0.5, 0.6) is 0 Å². The van der Waals surface area contributed by atoms with Crippen molar-refractivity contribution in [2.45, 2.75) is 6.54 Å². The van der Waals surface area contributed by atoms with E-state index in [1.807, 2.05) is 0 Å². The first kappa shape index (κ1) is 11.8. The molecule has 0 bridgehead atoms. The molecular formula is C11H9BrFN3O. The quantitative estimate of drug-likeness (QED) is 0.919. The van der Waals surface area contributed by atoms with Crippen molar-refractivity contribution in [1.29, 1.82) is 0 Å². The molecule has 0 fully saturated rings. The summed E-state index contributed by atoms with van der Waals surface area (Å²) in [6.07, 6.45) is 1.38. The third-order valence-electron chi connectivity index (χ3n) is 2.22. The maximum atomic E-state index is 13.1. The van der Waals surface area contributed by atoms with E-state index < -0.39 is 0 Å². The topological polar surface area (TPSA) is 60.9 Å². The average molecular weight is 298 g/mol. The minimum Gasteiger partial charge on any atom is -0.397 e. The molecule has 6 heteroatoms. The van der Waals surface area contributed by atoms with Gasteiger partial charge in [0.2, 0.25) is 0 Å². The van der Waals surface area contributed by atoms with Crippen LogP contribution in [0.1, 0.15) is 5.56 Å². The molecule has 88 valence electrons. The van der Waals surface area contributed by atoms with Crippen LogP contribution in [-0.2, 0) is 6.54 Å². The van der Waals surface area contributed by atoms with Crippen LogP contribution in [0.4, 0.5) is 10.1 Å². The number of halogens is 2. The molecule has 0 saturated heterocycles. The second-order valence-electron chi connectivity index (χ2n) is 3.52. The van der Waals surface area contributed by atoms with Crippen molar-refractivity contribution in [3.8, 4) is 0 Å². The van der Waals surface area contributed by atoms with E-state index in [0.29, 0.717) is 11.3 Å². The second-order valence-corrected chi connectivity index (χ2v) is 4.37. The van der Waals surface area contributed by atoms with E-state index >= 15 is 0 Å². The van der Waals surface area contributed by atoms with Crippen molar-refractivity contribution in [3.63, 3.8) is 0 Å². The molecule has 0 amide bonds. The SMILES string of the molecule is Nc1cnn(Cc2cc(F)ccc2Br)c(=O)c1. The molecule has 0 aliphatic heterocycles. The van der Waals surface area contributed by atoms with Crippen molar-refractivity contribution in [3.05, 3.63) is 56.7 Å². The molecule has 0 aliphatic carbocycles. The molecule has 1 aromatic heterocycles. The monoisotopic (exact) mass is 297 g/mol.